The van der Waals surface area contributed by atoms with Gasteiger partial charge in [0.2, 0.25) is 0 Å². The fourth-order valence-electron chi connectivity index (χ4n) is 2.82. The standard InChI is InChI=1S/C20H14ClFN6/c21-16-8-14(1-3-17(16)22)28-20-12(9-23)10-27-18-4-2-13(7-15(18)20)26-11-19-24-5-6-25-19/h1-8,10,26H,11H2,(H,24,25)(H,27,28). The van der Waals surface area contributed by atoms with Crippen LogP contribution < -0.4 is 10.6 Å². The molecule has 0 aliphatic rings. The summed E-state index contributed by atoms with van der Waals surface area (Å²) in [7, 11) is 0. The van der Waals surface area contributed by atoms with Crippen LogP contribution >= 0.6 is 11.6 Å². The van der Waals surface area contributed by atoms with Gasteiger partial charge in [0, 0.05) is 35.4 Å². The van der Waals surface area contributed by atoms with Crippen LogP contribution in [0.4, 0.5) is 21.5 Å². The van der Waals surface area contributed by atoms with Crippen molar-refractivity contribution in [1.82, 2.24) is 15.0 Å². The topological polar surface area (TPSA) is 89.4 Å². The summed E-state index contributed by atoms with van der Waals surface area (Å²) in [6.45, 7) is 0.528. The molecule has 4 rings (SSSR count). The summed E-state index contributed by atoms with van der Waals surface area (Å²) in [5, 5.41) is 16.7. The first-order valence-electron chi connectivity index (χ1n) is 8.41. The van der Waals surface area contributed by atoms with E-state index in [9.17, 15) is 9.65 Å². The molecule has 0 amide bonds. The first kappa shape index (κ1) is 17.8. The molecule has 3 N–H and O–H groups in total. The predicted molar refractivity (Wildman–Crippen MR) is 107 cm³/mol. The Morgan fingerprint density at radius 2 is 2.00 bits per heavy atom. The lowest BCUT2D eigenvalue weighted by Gasteiger charge is -2.13. The number of nitrogens with zero attached hydrogens (tertiary/aromatic N) is 3. The van der Waals surface area contributed by atoms with E-state index >= 15 is 0 Å². The zero-order valence-corrected chi connectivity index (χ0v) is 15.3. The number of H-pyrrole nitrogens is 1. The minimum Gasteiger partial charge on any atom is -0.378 e. The summed E-state index contributed by atoms with van der Waals surface area (Å²) in [5.74, 6) is 0.306. The van der Waals surface area contributed by atoms with E-state index in [0.717, 1.165) is 22.4 Å². The van der Waals surface area contributed by atoms with Crippen molar-refractivity contribution in [2.24, 2.45) is 0 Å². The van der Waals surface area contributed by atoms with Crippen molar-refractivity contribution in [2.45, 2.75) is 6.54 Å². The number of pyridine rings is 1. The molecule has 2 heterocycles. The van der Waals surface area contributed by atoms with Crippen molar-refractivity contribution >= 4 is 39.6 Å². The molecule has 28 heavy (non-hydrogen) atoms. The number of anilines is 3. The van der Waals surface area contributed by atoms with Crippen LogP contribution in [-0.2, 0) is 6.54 Å². The van der Waals surface area contributed by atoms with Gasteiger partial charge in [0.05, 0.1) is 28.3 Å². The largest absolute Gasteiger partial charge is 0.378 e. The van der Waals surface area contributed by atoms with E-state index in [1.54, 1.807) is 18.5 Å². The van der Waals surface area contributed by atoms with E-state index < -0.39 is 5.82 Å². The number of rotatable bonds is 5. The van der Waals surface area contributed by atoms with Gasteiger partial charge in [-0.15, -0.1) is 0 Å². The first-order chi connectivity index (χ1) is 13.6. The smallest absolute Gasteiger partial charge is 0.141 e. The second kappa shape index (κ2) is 7.55. The number of hydrogen-bond acceptors (Lipinski definition) is 5. The van der Waals surface area contributed by atoms with E-state index in [-0.39, 0.29) is 5.02 Å². The van der Waals surface area contributed by atoms with Crippen LogP contribution in [0.1, 0.15) is 11.4 Å². The molecule has 2 aromatic carbocycles. The van der Waals surface area contributed by atoms with Crippen LogP contribution in [0.2, 0.25) is 5.02 Å². The fourth-order valence-corrected chi connectivity index (χ4v) is 3.00. The van der Waals surface area contributed by atoms with Crippen LogP contribution in [0.3, 0.4) is 0 Å². The fraction of sp³-hybridized carbons (Fsp3) is 0.0500. The highest BCUT2D eigenvalue weighted by atomic mass is 35.5. The monoisotopic (exact) mass is 392 g/mol. The number of fused-ring (bicyclic) bond motifs is 1. The van der Waals surface area contributed by atoms with Crippen LogP contribution in [0, 0.1) is 17.1 Å². The minimum absolute atomic E-state index is 0.00247. The Morgan fingerprint density at radius 3 is 2.75 bits per heavy atom. The lowest BCUT2D eigenvalue weighted by atomic mass is 10.1. The molecule has 0 atom stereocenters. The van der Waals surface area contributed by atoms with Gasteiger partial charge in [-0.2, -0.15) is 5.26 Å². The number of imidazole rings is 1. The van der Waals surface area contributed by atoms with Crippen molar-refractivity contribution in [2.75, 3.05) is 10.6 Å². The SMILES string of the molecule is N#Cc1cnc2ccc(NCc3ncc[nH]3)cc2c1Nc1ccc(F)c(Cl)c1. The third-order valence-electron chi connectivity index (χ3n) is 4.19. The number of halogens is 2. The van der Waals surface area contributed by atoms with Gasteiger partial charge in [0.1, 0.15) is 17.7 Å². The lowest BCUT2D eigenvalue weighted by Crippen LogP contribution is -2.02. The van der Waals surface area contributed by atoms with Crippen LogP contribution in [0.25, 0.3) is 10.9 Å². The molecule has 0 aliphatic heterocycles. The number of aromatic amines is 1. The average molecular weight is 393 g/mol. The van der Waals surface area contributed by atoms with Crippen molar-refractivity contribution in [3.05, 3.63) is 77.2 Å². The molecule has 0 aliphatic carbocycles. The number of nitrogens with one attached hydrogen (secondary N) is 3. The lowest BCUT2D eigenvalue weighted by molar-refractivity contribution is 0.628. The Balaban J connectivity index is 1.72. The van der Waals surface area contributed by atoms with Crippen LogP contribution in [-0.4, -0.2) is 15.0 Å². The van der Waals surface area contributed by atoms with E-state index in [1.807, 2.05) is 18.2 Å². The van der Waals surface area contributed by atoms with Gasteiger partial charge < -0.3 is 15.6 Å². The van der Waals surface area contributed by atoms with Crippen LogP contribution in [0.5, 0.6) is 0 Å². The van der Waals surface area contributed by atoms with Crippen molar-refractivity contribution in [1.29, 1.82) is 5.26 Å². The van der Waals surface area contributed by atoms with Gasteiger partial charge in [0.15, 0.2) is 0 Å². The van der Waals surface area contributed by atoms with Gasteiger partial charge >= 0.3 is 0 Å². The molecule has 0 fully saturated rings. The molecular formula is C20H14ClFN6. The average Bonchev–Trinajstić information content (AvgIpc) is 3.23. The quantitative estimate of drug-likeness (QED) is 0.445. The third kappa shape index (κ3) is 3.59. The zero-order chi connectivity index (χ0) is 19.5. The van der Waals surface area contributed by atoms with E-state index in [0.29, 0.717) is 23.5 Å². The molecule has 0 saturated heterocycles. The number of nitriles is 1. The van der Waals surface area contributed by atoms with E-state index in [2.05, 4.69) is 31.7 Å². The Kier molecular flexibility index (Phi) is 4.79. The maximum absolute atomic E-state index is 13.5. The summed E-state index contributed by atoms with van der Waals surface area (Å²) < 4.78 is 13.5. The molecule has 0 saturated carbocycles. The molecule has 6 nitrogen and oxygen atoms in total. The summed E-state index contributed by atoms with van der Waals surface area (Å²) in [6.07, 6.45) is 4.96. The van der Waals surface area contributed by atoms with Gasteiger partial charge in [0.25, 0.3) is 0 Å². The Hall–Kier alpha value is -3.63. The molecule has 0 bridgehead atoms. The van der Waals surface area contributed by atoms with Crippen molar-refractivity contribution in [3.8, 4) is 6.07 Å². The van der Waals surface area contributed by atoms with E-state index in [4.69, 9.17) is 11.6 Å². The van der Waals surface area contributed by atoms with Gasteiger partial charge in [-0.25, -0.2) is 9.37 Å². The molecule has 0 spiro atoms. The van der Waals surface area contributed by atoms with Gasteiger partial charge in [-0.3, -0.25) is 4.98 Å². The summed E-state index contributed by atoms with van der Waals surface area (Å²) in [4.78, 5) is 11.6. The zero-order valence-electron chi connectivity index (χ0n) is 14.5. The first-order valence-corrected chi connectivity index (χ1v) is 8.79. The summed E-state index contributed by atoms with van der Waals surface area (Å²) >= 11 is 5.88. The second-order valence-electron chi connectivity index (χ2n) is 6.03. The van der Waals surface area contributed by atoms with Crippen molar-refractivity contribution < 1.29 is 4.39 Å². The molecule has 138 valence electrons. The highest BCUT2D eigenvalue weighted by molar-refractivity contribution is 6.31. The maximum atomic E-state index is 13.5. The molecule has 0 radical (unpaired) electrons. The van der Waals surface area contributed by atoms with Gasteiger partial charge in [-0.1, -0.05) is 11.6 Å². The van der Waals surface area contributed by atoms with Crippen LogP contribution in [0.15, 0.2) is 55.0 Å². The normalized spacial score (nSPS) is 10.6. The molecule has 8 heteroatoms. The van der Waals surface area contributed by atoms with Crippen molar-refractivity contribution in [3.63, 3.8) is 0 Å². The Labute approximate surface area is 165 Å². The Morgan fingerprint density at radius 1 is 1.14 bits per heavy atom. The summed E-state index contributed by atoms with van der Waals surface area (Å²) in [6, 6.07) is 12.1. The molecule has 2 aromatic heterocycles. The number of hydrogen-bond donors (Lipinski definition) is 3. The molecular weight excluding hydrogens is 379 g/mol. The highest BCUT2D eigenvalue weighted by Gasteiger charge is 2.11. The highest BCUT2D eigenvalue weighted by Crippen LogP contribution is 2.32. The predicted octanol–water partition coefficient (Wildman–Crippen LogP) is 4.98. The molecule has 0 unspecified atom stereocenters. The minimum atomic E-state index is -0.503. The van der Waals surface area contributed by atoms with Gasteiger partial charge in [-0.05, 0) is 36.4 Å². The maximum Gasteiger partial charge on any atom is 0.141 e. The van der Waals surface area contributed by atoms with E-state index in [1.165, 1.54) is 18.3 Å². The second-order valence-corrected chi connectivity index (χ2v) is 6.44. The Bertz CT molecular complexity index is 1180. The summed E-state index contributed by atoms with van der Waals surface area (Å²) in [5.41, 5.74) is 3.09. The third-order valence-corrected chi connectivity index (χ3v) is 4.48. The number of benzene rings is 2. The molecule has 4 aromatic rings. The number of aromatic nitrogens is 3.